The van der Waals surface area contributed by atoms with Gasteiger partial charge in [0.15, 0.2) is 0 Å². The number of hydrogen-bond acceptors (Lipinski definition) is 3. The Morgan fingerprint density at radius 3 is 2.41 bits per heavy atom. The molecule has 1 atom stereocenters. The molecule has 0 spiro atoms. The molecule has 1 heterocycles. The van der Waals surface area contributed by atoms with E-state index in [9.17, 15) is 27.2 Å². The van der Waals surface area contributed by atoms with Crippen LogP contribution >= 0.6 is 23.4 Å². The third-order valence-electron chi connectivity index (χ3n) is 5.34. The van der Waals surface area contributed by atoms with Crippen LogP contribution in [-0.4, -0.2) is 17.1 Å². The highest BCUT2D eigenvalue weighted by Crippen LogP contribution is 2.41. The summed E-state index contributed by atoms with van der Waals surface area (Å²) in [5.74, 6) is -4.81. The number of rotatable bonds is 5. The van der Waals surface area contributed by atoms with Crippen molar-refractivity contribution >= 4 is 40.9 Å². The zero-order valence-corrected chi connectivity index (χ0v) is 19.2. The molecule has 1 N–H and O–H groups in total. The number of hydrogen-bond donors (Lipinski definition) is 1. The molecule has 1 aliphatic heterocycles. The number of benzene rings is 3. The molecule has 34 heavy (non-hydrogen) atoms. The highest BCUT2D eigenvalue weighted by Gasteiger charge is 2.32. The van der Waals surface area contributed by atoms with Gasteiger partial charge < -0.3 is 10.2 Å². The number of fused-ring (bicyclic) bond motifs is 1. The van der Waals surface area contributed by atoms with Gasteiger partial charge in [-0.3, -0.25) is 9.59 Å². The second-order valence-corrected chi connectivity index (χ2v) is 9.39. The Hall–Kier alpha value is -3.04. The molecule has 4 nitrogen and oxygen atoms in total. The molecule has 0 saturated carbocycles. The number of carbonyl (C=O) groups excluding carboxylic acids is 2. The van der Waals surface area contributed by atoms with Crippen molar-refractivity contribution in [2.24, 2.45) is 0 Å². The van der Waals surface area contributed by atoms with E-state index in [0.29, 0.717) is 22.7 Å². The lowest BCUT2D eigenvalue weighted by atomic mass is 10.1. The van der Waals surface area contributed by atoms with E-state index in [0.717, 1.165) is 0 Å². The molecule has 0 aromatic heterocycles. The summed E-state index contributed by atoms with van der Waals surface area (Å²) in [6, 6.07) is 9.88. The summed E-state index contributed by atoms with van der Waals surface area (Å²) in [6.07, 6.45) is 0. The first-order valence-corrected chi connectivity index (χ1v) is 11.4. The molecule has 0 saturated heterocycles. The van der Waals surface area contributed by atoms with E-state index < -0.39 is 46.5 Å². The Morgan fingerprint density at radius 1 is 1.03 bits per heavy atom. The van der Waals surface area contributed by atoms with E-state index in [1.807, 2.05) is 0 Å². The van der Waals surface area contributed by atoms with Crippen molar-refractivity contribution in [3.63, 3.8) is 0 Å². The molecule has 4 rings (SSSR count). The third kappa shape index (κ3) is 4.76. The van der Waals surface area contributed by atoms with Crippen LogP contribution in [0.5, 0.6) is 0 Å². The number of anilines is 1. The largest absolute Gasteiger partial charge is 0.348 e. The van der Waals surface area contributed by atoms with Crippen molar-refractivity contribution in [2.75, 3.05) is 4.90 Å². The van der Waals surface area contributed by atoms with E-state index in [1.54, 1.807) is 13.0 Å². The third-order valence-corrected chi connectivity index (χ3v) is 6.85. The fraction of sp³-hybridized carbons (Fsp3) is 0.167. The van der Waals surface area contributed by atoms with Crippen LogP contribution in [-0.2, 0) is 17.9 Å². The van der Waals surface area contributed by atoms with Crippen LogP contribution in [0.1, 0.15) is 28.4 Å². The summed E-state index contributed by atoms with van der Waals surface area (Å²) >= 11 is 7.44. The molecular weight excluding hydrogens is 492 g/mol. The fourth-order valence-electron chi connectivity index (χ4n) is 3.56. The Kier molecular flexibility index (Phi) is 6.86. The van der Waals surface area contributed by atoms with Crippen LogP contribution in [0.15, 0.2) is 53.4 Å². The number of carbonyl (C=O) groups is 2. The minimum atomic E-state index is -1.12. The second kappa shape index (κ2) is 9.68. The van der Waals surface area contributed by atoms with Gasteiger partial charge in [-0.2, -0.15) is 0 Å². The molecule has 176 valence electrons. The zero-order chi connectivity index (χ0) is 24.6. The molecule has 0 radical (unpaired) electrons. The van der Waals surface area contributed by atoms with Gasteiger partial charge in [-0.05, 0) is 37.3 Å². The summed E-state index contributed by atoms with van der Waals surface area (Å²) in [4.78, 5) is 27.7. The number of nitrogens with one attached hydrogen (secondary N) is 1. The number of amides is 2. The smallest absolute Gasteiger partial charge is 0.251 e. The Bertz CT molecular complexity index is 1260. The van der Waals surface area contributed by atoms with Gasteiger partial charge in [0.1, 0.15) is 23.3 Å². The summed E-state index contributed by atoms with van der Waals surface area (Å²) < 4.78 is 55.2. The summed E-state index contributed by atoms with van der Waals surface area (Å²) in [7, 11) is 0. The topological polar surface area (TPSA) is 49.4 Å². The van der Waals surface area contributed by atoms with Gasteiger partial charge in [0.05, 0.1) is 17.5 Å². The number of halogens is 5. The van der Waals surface area contributed by atoms with Gasteiger partial charge >= 0.3 is 0 Å². The van der Waals surface area contributed by atoms with Gasteiger partial charge in [0.25, 0.3) is 5.91 Å². The van der Waals surface area contributed by atoms with E-state index in [4.69, 9.17) is 11.6 Å². The summed E-state index contributed by atoms with van der Waals surface area (Å²) in [6.45, 7) is 1.07. The Balaban J connectivity index is 1.62. The van der Waals surface area contributed by atoms with E-state index >= 15 is 0 Å². The Labute approximate surface area is 201 Å². The zero-order valence-electron chi connectivity index (χ0n) is 17.7. The maximum absolute atomic E-state index is 14.4. The molecule has 3 aromatic rings. The normalized spacial score (nSPS) is 15.3. The van der Waals surface area contributed by atoms with Crippen LogP contribution in [0.25, 0.3) is 0 Å². The SMILES string of the molecule is CC1Sc2ccc(C(=O)NCc3c(F)cc(F)cc3F)cc2N(Cc2c(F)cccc2Cl)C1=O. The van der Waals surface area contributed by atoms with Crippen LogP contribution in [0.2, 0.25) is 5.02 Å². The minimum absolute atomic E-state index is 0.120. The summed E-state index contributed by atoms with van der Waals surface area (Å²) in [5.41, 5.74) is 0.163. The van der Waals surface area contributed by atoms with Crippen molar-refractivity contribution in [2.45, 2.75) is 30.2 Å². The lowest BCUT2D eigenvalue weighted by Crippen LogP contribution is -2.39. The molecule has 0 bridgehead atoms. The van der Waals surface area contributed by atoms with Gasteiger partial charge in [0.2, 0.25) is 5.91 Å². The van der Waals surface area contributed by atoms with Crippen molar-refractivity contribution in [1.29, 1.82) is 0 Å². The number of nitrogens with zero attached hydrogens (tertiary/aromatic N) is 1. The van der Waals surface area contributed by atoms with Gasteiger partial charge in [-0.1, -0.05) is 17.7 Å². The molecule has 2 amide bonds. The predicted molar refractivity (Wildman–Crippen MR) is 122 cm³/mol. The van der Waals surface area contributed by atoms with Crippen LogP contribution in [0, 0.1) is 23.3 Å². The molecular formula is C24H17ClF4N2O2S. The van der Waals surface area contributed by atoms with Gasteiger partial charge in [-0.15, -0.1) is 11.8 Å². The lowest BCUT2D eigenvalue weighted by Gasteiger charge is -2.33. The number of thioether (sulfide) groups is 1. The first kappa shape index (κ1) is 24.1. The quantitative estimate of drug-likeness (QED) is 0.440. The van der Waals surface area contributed by atoms with Crippen LogP contribution < -0.4 is 10.2 Å². The van der Waals surface area contributed by atoms with E-state index in [-0.39, 0.29) is 28.6 Å². The minimum Gasteiger partial charge on any atom is -0.348 e. The fourth-order valence-corrected chi connectivity index (χ4v) is 4.83. The monoisotopic (exact) mass is 508 g/mol. The lowest BCUT2D eigenvalue weighted by molar-refractivity contribution is -0.118. The maximum Gasteiger partial charge on any atom is 0.251 e. The summed E-state index contributed by atoms with van der Waals surface area (Å²) in [5, 5.41) is 2.12. The molecule has 10 heteroatoms. The average Bonchev–Trinajstić information content (AvgIpc) is 2.77. The van der Waals surface area contributed by atoms with Crippen LogP contribution in [0.3, 0.4) is 0 Å². The average molecular weight is 509 g/mol. The first-order valence-electron chi connectivity index (χ1n) is 10.1. The second-order valence-electron chi connectivity index (χ2n) is 7.60. The van der Waals surface area contributed by atoms with Gasteiger partial charge in [0, 0.05) is 45.3 Å². The molecule has 1 unspecified atom stereocenters. The van der Waals surface area contributed by atoms with Crippen molar-refractivity contribution in [3.05, 3.63) is 93.5 Å². The van der Waals surface area contributed by atoms with Crippen molar-refractivity contribution < 1.29 is 27.2 Å². The highest BCUT2D eigenvalue weighted by molar-refractivity contribution is 8.01. The van der Waals surface area contributed by atoms with Crippen molar-refractivity contribution in [1.82, 2.24) is 5.32 Å². The standard InChI is InChI=1S/C24H17ClF4N2O2S/c1-12-24(33)31(11-16-17(25)3-2-4-18(16)27)21-7-13(5-6-22(21)34-12)23(32)30-10-15-19(28)8-14(26)9-20(15)29/h2-9,12H,10-11H2,1H3,(H,30,32). The molecule has 0 aliphatic carbocycles. The first-order chi connectivity index (χ1) is 16.2. The molecule has 0 fully saturated rings. The Morgan fingerprint density at radius 2 is 1.74 bits per heavy atom. The van der Waals surface area contributed by atoms with Gasteiger partial charge in [-0.25, -0.2) is 17.6 Å². The molecule has 1 aliphatic rings. The predicted octanol–water partition coefficient (Wildman–Crippen LogP) is 5.85. The maximum atomic E-state index is 14.4. The van der Waals surface area contributed by atoms with E-state index in [2.05, 4.69) is 5.32 Å². The van der Waals surface area contributed by atoms with Crippen LogP contribution in [0.4, 0.5) is 23.2 Å². The van der Waals surface area contributed by atoms with Crippen molar-refractivity contribution in [3.8, 4) is 0 Å². The molecule has 3 aromatic carbocycles. The van der Waals surface area contributed by atoms with E-state index in [1.165, 1.54) is 47.0 Å². The highest BCUT2D eigenvalue weighted by atomic mass is 35.5.